The normalized spacial score (nSPS) is 21.4. The van der Waals surface area contributed by atoms with E-state index in [1.165, 1.54) is 16.0 Å². The van der Waals surface area contributed by atoms with Gasteiger partial charge in [-0.1, -0.05) is 31.2 Å². The van der Waals surface area contributed by atoms with Gasteiger partial charge in [-0.15, -0.1) is 0 Å². The third-order valence-corrected chi connectivity index (χ3v) is 3.75. The predicted octanol–water partition coefficient (Wildman–Crippen LogP) is 2.33. The molecule has 0 saturated carbocycles. The van der Waals surface area contributed by atoms with Crippen LogP contribution in [0.4, 0.5) is 4.79 Å². The molecule has 1 aliphatic rings. The van der Waals surface area contributed by atoms with Crippen molar-refractivity contribution in [2.75, 3.05) is 13.6 Å². The Morgan fingerprint density at radius 1 is 1.45 bits per heavy atom. The van der Waals surface area contributed by atoms with Crippen LogP contribution in [0.1, 0.15) is 37.9 Å². The molecule has 2 amide bonds. The molecule has 1 aliphatic carbocycles. The molecule has 2 unspecified atom stereocenters. The fraction of sp³-hybridized carbons (Fsp3) is 0.562. The number of benzene rings is 1. The smallest absolute Gasteiger partial charge is 0.317 e. The molecule has 2 atom stereocenters. The van der Waals surface area contributed by atoms with Crippen molar-refractivity contribution in [1.82, 2.24) is 10.2 Å². The largest absolute Gasteiger partial charge is 0.389 e. The Bertz CT molecular complexity index is 493. The minimum atomic E-state index is -0.884. The third kappa shape index (κ3) is 3.31. The highest BCUT2D eigenvalue weighted by Gasteiger charge is 2.31. The van der Waals surface area contributed by atoms with Crippen LogP contribution in [0.25, 0.3) is 0 Å². The first-order chi connectivity index (χ1) is 9.28. The molecule has 0 aromatic heterocycles. The van der Waals surface area contributed by atoms with Gasteiger partial charge >= 0.3 is 6.03 Å². The molecule has 0 aliphatic heterocycles. The minimum absolute atomic E-state index is 0.0583. The minimum Gasteiger partial charge on any atom is -0.389 e. The number of urea groups is 1. The molecule has 0 heterocycles. The summed E-state index contributed by atoms with van der Waals surface area (Å²) in [5.74, 6) is 0.395. The molecule has 0 bridgehead atoms. The van der Waals surface area contributed by atoms with Gasteiger partial charge in [-0.05, 0) is 37.3 Å². The van der Waals surface area contributed by atoms with Crippen molar-refractivity contribution in [3.63, 3.8) is 0 Å². The van der Waals surface area contributed by atoms with Gasteiger partial charge in [0, 0.05) is 7.05 Å². The van der Waals surface area contributed by atoms with Gasteiger partial charge in [0.05, 0.1) is 18.2 Å². The Balaban J connectivity index is 2.05. The number of aliphatic hydroxyl groups is 1. The van der Waals surface area contributed by atoms with Crippen LogP contribution in [0.5, 0.6) is 0 Å². The lowest BCUT2D eigenvalue weighted by Gasteiger charge is -2.28. The molecule has 0 saturated heterocycles. The van der Waals surface area contributed by atoms with E-state index in [0.717, 1.165) is 6.42 Å². The van der Waals surface area contributed by atoms with Crippen molar-refractivity contribution in [1.29, 1.82) is 0 Å². The average molecular weight is 276 g/mol. The summed E-state index contributed by atoms with van der Waals surface area (Å²) in [6.45, 7) is 5.86. The second-order valence-electron chi connectivity index (χ2n) is 6.48. The highest BCUT2D eigenvalue weighted by Crippen LogP contribution is 2.35. The van der Waals surface area contributed by atoms with Gasteiger partial charge in [-0.25, -0.2) is 4.79 Å². The van der Waals surface area contributed by atoms with Gasteiger partial charge < -0.3 is 15.3 Å². The van der Waals surface area contributed by atoms with Crippen LogP contribution < -0.4 is 5.32 Å². The van der Waals surface area contributed by atoms with E-state index in [2.05, 4.69) is 24.4 Å². The van der Waals surface area contributed by atoms with Gasteiger partial charge in [-0.2, -0.15) is 0 Å². The summed E-state index contributed by atoms with van der Waals surface area (Å²) in [7, 11) is 1.71. The average Bonchev–Trinajstić information content (AvgIpc) is 2.64. The monoisotopic (exact) mass is 276 g/mol. The lowest BCUT2D eigenvalue weighted by atomic mass is 10.0. The lowest BCUT2D eigenvalue weighted by Crippen LogP contribution is -2.46. The Morgan fingerprint density at radius 3 is 2.75 bits per heavy atom. The van der Waals surface area contributed by atoms with Crippen molar-refractivity contribution >= 4 is 6.03 Å². The highest BCUT2D eigenvalue weighted by atomic mass is 16.3. The summed E-state index contributed by atoms with van der Waals surface area (Å²) in [5.41, 5.74) is 1.64. The number of amides is 2. The van der Waals surface area contributed by atoms with E-state index in [-0.39, 0.29) is 12.1 Å². The van der Waals surface area contributed by atoms with Gasteiger partial charge in [0.1, 0.15) is 0 Å². The number of rotatable bonds is 3. The standard InChI is InChI=1S/C16H24N2O2/c1-11-9-12-7-5-6-8-13(12)14(11)17-15(19)18(4)10-16(2,3)20/h5-8,11,14,20H,9-10H2,1-4H3,(H,17,19). The van der Waals surface area contributed by atoms with Crippen molar-refractivity contribution < 1.29 is 9.90 Å². The molecule has 20 heavy (non-hydrogen) atoms. The number of fused-ring (bicyclic) bond motifs is 1. The topological polar surface area (TPSA) is 52.6 Å². The van der Waals surface area contributed by atoms with Crippen LogP contribution in [0.15, 0.2) is 24.3 Å². The predicted molar refractivity (Wildman–Crippen MR) is 79.5 cm³/mol. The Kier molecular flexibility index (Phi) is 4.04. The summed E-state index contributed by atoms with van der Waals surface area (Å²) >= 11 is 0. The van der Waals surface area contributed by atoms with E-state index in [1.54, 1.807) is 20.9 Å². The molecule has 1 aromatic rings. The van der Waals surface area contributed by atoms with E-state index < -0.39 is 5.60 Å². The quantitative estimate of drug-likeness (QED) is 0.890. The van der Waals surface area contributed by atoms with Crippen molar-refractivity contribution in [2.45, 2.75) is 38.8 Å². The summed E-state index contributed by atoms with van der Waals surface area (Å²) in [6, 6.07) is 8.18. The number of nitrogens with zero attached hydrogens (tertiary/aromatic N) is 1. The maximum absolute atomic E-state index is 12.2. The molecule has 0 fully saturated rings. The first-order valence-corrected chi connectivity index (χ1v) is 7.10. The highest BCUT2D eigenvalue weighted by molar-refractivity contribution is 5.74. The van der Waals surface area contributed by atoms with Crippen molar-refractivity contribution in [3.05, 3.63) is 35.4 Å². The molecule has 0 spiro atoms. The Morgan fingerprint density at radius 2 is 2.10 bits per heavy atom. The van der Waals surface area contributed by atoms with Gasteiger partial charge in [0.2, 0.25) is 0 Å². The zero-order chi connectivity index (χ0) is 14.9. The number of likely N-dealkylation sites (N-methyl/N-ethyl adjacent to an activating group) is 1. The SMILES string of the molecule is CC1Cc2ccccc2C1NC(=O)N(C)CC(C)(C)O. The summed E-state index contributed by atoms with van der Waals surface area (Å²) in [4.78, 5) is 13.8. The zero-order valence-corrected chi connectivity index (χ0v) is 12.7. The lowest BCUT2D eigenvalue weighted by molar-refractivity contribution is 0.0525. The van der Waals surface area contributed by atoms with E-state index in [9.17, 15) is 9.90 Å². The number of nitrogens with one attached hydrogen (secondary N) is 1. The van der Waals surface area contributed by atoms with Crippen LogP contribution in [-0.2, 0) is 6.42 Å². The molecule has 110 valence electrons. The molecule has 4 heteroatoms. The Hall–Kier alpha value is -1.55. The van der Waals surface area contributed by atoms with Crippen LogP contribution >= 0.6 is 0 Å². The number of hydrogen-bond acceptors (Lipinski definition) is 2. The van der Waals surface area contributed by atoms with Crippen molar-refractivity contribution in [2.24, 2.45) is 5.92 Å². The van der Waals surface area contributed by atoms with Crippen LogP contribution in [0, 0.1) is 5.92 Å². The summed E-state index contributed by atoms with van der Waals surface area (Å²) < 4.78 is 0. The molecular formula is C16H24N2O2. The third-order valence-electron chi connectivity index (χ3n) is 3.75. The second-order valence-corrected chi connectivity index (χ2v) is 6.48. The number of carbonyl (C=O) groups excluding carboxylic acids is 1. The molecule has 2 rings (SSSR count). The maximum atomic E-state index is 12.2. The molecule has 1 aromatic carbocycles. The van der Waals surface area contributed by atoms with Crippen LogP contribution in [0.2, 0.25) is 0 Å². The first kappa shape index (κ1) is 14.9. The van der Waals surface area contributed by atoms with Gasteiger partial charge in [-0.3, -0.25) is 0 Å². The molecule has 2 N–H and O–H groups in total. The van der Waals surface area contributed by atoms with E-state index in [4.69, 9.17) is 0 Å². The van der Waals surface area contributed by atoms with Crippen molar-refractivity contribution in [3.8, 4) is 0 Å². The zero-order valence-electron chi connectivity index (χ0n) is 12.7. The molecular weight excluding hydrogens is 252 g/mol. The van der Waals surface area contributed by atoms with Crippen LogP contribution in [-0.4, -0.2) is 35.2 Å². The Labute approximate surface area is 120 Å². The van der Waals surface area contributed by atoms with Gasteiger partial charge in [0.15, 0.2) is 0 Å². The van der Waals surface area contributed by atoms with Gasteiger partial charge in [0.25, 0.3) is 0 Å². The molecule has 4 nitrogen and oxygen atoms in total. The van der Waals surface area contributed by atoms with Crippen LogP contribution in [0.3, 0.4) is 0 Å². The molecule has 0 radical (unpaired) electrons. The van der Waals surface area contributed by atoms with E-state index >= 15 is 0 Å². The fourth-order valence-corrected chi connectivity index (χ4v) is 2.91. The van der Waals surface area contributed by atoms with E-state index in [0.29, 0.717) is 12.5 Å². The fourth-order valence-electron chi connectivity index (χ4n) is 2.91. The maximum Gasteiger partial charge on any atom is 0.317 e. The second kappa shape index (κ2) is 5.44. The number of hydrogen-bond donors (Lipinski definition) is 2. The summed E-state index contributed by atoms with van der Waals surface area (Å²) in [6.07, 6.45) is 0.996. The van der Waals surface area contributed by atoms with E-state index in [1.807, 2.05) is 12.1 Å². The number of carbonyl (C=O) groups is 1. The first-order valence-electron chi connectivity index (χ1n) is 7.10. The summed E-state index contributed by atoms with van der Waals surface area (Å²) in [5, 5.41) is 12.9.